The monoisotopic (exact) mass is 270 g/mol. The van der Waals surface area contributed by atoms with Gasteiger partial charge in [-0.2, -0.15) is 5.10 Å². The highest BCUT2D eigenvalue weighted by atomic mass is 79.9. The molecule has 1 aromatic heterocycles. The van der Waals surface area contributed by atoms with Crippen LogP contribution in [0.5, 0.6) is 0 Å². The number of alkyl halides is 1. The Morgan fingerprint density at radius 2 is 2.27 bits per heavy atom. The van der Waals surface area contributed by atoms with Gasteiger partial charge in [-0.15, -0.1) is 0 Å². The number of hydrogen-bond donors (Lipinski definition) is 0. The lowest BCUT2D eigenvalue weighted by atomic mass is 10.0. The fraction of sp³-hybridized carbons (Fsp3) is 0.727. The summed E-state index contributed by atoms with van der Waals surface area (Å²) in [4.78, 5) is 0.598. The first kappa shape index (κ1) is 9.85. The van der Waals surface area contributed by atoms with Crippen LogP contribution in [-0.4, -0.2) is 21.2 Å². The second-order valence-corrected chi connectivity index (χ2v) is 5.76. The first-order valence-electron chi connectivity index (χ1n) is 5.62. The van der Waals surface area contributed by atoms with E-state index in [-0.39, 0.29) is 6.10 Å². The molecule has 0 N–H and O–H groups in total. The fourth-order valence-corrected chi connectivity index (χ4v) is 2.57. The molecule has 15 heavy (non-hydrogen) atoms. The summed E-state index contributed by atoms with van der Waals surface area (Å²) in [6.07, 6.45) is 9.13. The molecule has 0 unspecified atom stereocenters. The molecule has 3 nitrogen and oxygen atoms in total. The van der Waals surface area contributed by atoms with E-state index in [9.17, 15) is 0 Å². The van der Waals surface area contributed by atoms with Crippen molar-refractivity contribution < 1.29 is 4.74 Å². The molecular formula is C11H15BrN2O. The third-order valence-electron chi connectivity index (χ3n) is 3.13. The Balaban J connectivity index is 1.73. The molecule has 0 amide bonds. The quantitative estimate of drug-likeness (QED) is 0.773. The van der Waals surface area contributed by atoms with Crippen molar-refractivity contribution >= 4 is 15.9 Å². The normalized spacial score (nSPS) is 31.8. The Labute approximate surface area is 97.9 Å². The molecule has 2 aliphatic rings. The minimum absolute atomic E-state index is 0.246. The Kier molecular flexibility index (Phi) is 2.56. The van der Waals surface area contributed by atoms with E-state index in [1.807, 2.05) is 6.20 Å². The molecule has 1 saturated heterocycles. The molecule has 2 heterocycles. The first-order chi connectivity index (χ1) is 7.33. The molecule has 2 fully saturated rings. The third-order valence-corrected chi connectivity index (χ3v) is 3.97. The summed E-state index contributed by atoms with van der Waals surface area (Å²) >= 11 is 3.67. The van der Waals surface area contributed by atoms with Gasteiger partial charge in [0, 0.05) is 23.2 Å². The van der Waals surface area contributed by atoms with E-state index in [0.717, 1.165) is 19.4 Å². The second-order valence-electron chi connectivity index (χ2n) is 4.47. The average molecular weight is 271 g/mol. The Morgan fingerprint density at radius 1 is 1.40 bits per heavy atom. The zero-order chi connectivity index (χ0) is 10.3. The predicted molar refractivity (Wildman–Crippen MR) is 61.1 cm³/mol. The smallest absolute Gasteiger partial charge is 0.0866 e. The van der Waals surface area contributed by atoms with E-state index in [1.54, 1.807) is 0 Å². The maximum absolute atomic E-state index is 5.76. The number of nitrogens with zero attached hydrogens (tertiary/aromatic N) is 2. The van der Waals surface area contributed by atoms with E-state index < -0.39 is 0 Å². The Bertz CT molecular complexity index is 348. The summed E-state index contributed by atoms with van der Waals surface area (Å²) in [5.41, 5.74) is 1.24. The lowest BCUT2D eigenvalue weighted by molar-refractivity contribution is 0.0187. The van der Waals surface area contributed by atoms with E-state index in [4.69, 9.17) is 4.74 Å². The number of ether oxygens (including phenoxy) is 1. The number of rotatable bonds is 2. The van der Waals surface area contributed by atoms with E-state index in [2.05, 4.69) is 31.9 Å². The largest absolute Gasteiger partial charge is 0.373 e. The molecule has 0 spiro atoms. The molecule has 1 aromatic rings. The second kappa shape index (κ2) is 3.91. The summed E-state index contributed by atoms with van der Waals surface area (Å²) < 4.78 is 7.86. The van der Waals surface area contributed by atoms with Crippen LogP contribution in [0.1, 0.15) is 43.4 Å². The minimum Gasteiger partial charge on any atom is -0.373 e. The van der Waals surface area contributed by atoms with Crippen LogP contribution < -0.4 is 0 Å². The zero-order valence-corrected chi connectivity index (χ0v) is 10.2. The number of halogens is 1. The van der Waals surface area contributed by atoms with Gasteiger partial charge in [-0.25, -0.2) is 0 Å². The maximum Gasteiger partial charge on any atom is 0.0866 e. The summed E-state index contributed by atoms with van der Waals surface area (Å²) in [7, 11) is 0. The van der Waals surface area contributed by atoms with Crippen molar-refractivity contribution in [1.82, 2.24) is 9.78 Å². The minimum atomic E-state index is 0.246. The molecule has 1 saturated carbocycles. The van der Waals surface area contributed by atoms with Crippen molar-refractivity contribution in [1.29, 1.82) is 0 Å². The number of hydrogen-bond acceptors (Lipinski definition) is 2. The van der Waals surface area contributed by atoms with Crippen molar-refractivity contribution in [2.24, 2.45) is 0 Å². The maximum atomic E-state index is 5.76. The van der Waals surface area contributed by atoms with Crippen molar-refractivity contribution in [3.8, 4) is 0 Å². The summed E-state index contributed by atoms with van der Waals surface area (Å²) in [5.74, 6) is 0. The van der Waals surface area contributed by atoms with Crippen molar-refractivity contribution in [3.05, 3.63) is 18.0 Å². The van der Waals surface area contributed by atoms with Crippen LogP contribution in [0.4, 0.5) is 0 Å². The van der Waals surface area contributed by atoms with Gasteiger partial charge in [-0.1, -0.05) is 15.9 Å². The van der Waals surface area contributed by atoms with Gasteiger partial charge >= 0.3 is 0 Å². The summed E-state index contributed by atoms with van der Waals surface area (Å²) in [6, 6.07) is 0.669. The molecule has 0 radical (unpaired) electrons. The van der Waals surface area contributed by atoms with Crippen molar-refractivity contribution in [2.75, 3.05) is 6.61 Å². The molecule has 4 heteroatoms. The van der Waals surface area contributed by atoms with E-state index in [0.29, 0.717) is 10.9 Å². The standard InChI is InChI=1S/C11H15BrN2O/c12-9-3-4-15-11(5-9)8-6-13-14(7-8)10-1-2-10/h6-7,9-11H,1-5H2/t9-,11+/m0/s1. The zero-order valence-electron chi connectivity index (χ0n) is 8.60. The van der Waals surface area contributed by atoms with Gasteiger partial charge in [-0.3, -0.25) is 4.68 Å². The van der Waals surface area contributed by atoms with Crippen molar-refractivity contribution in [3.63, 3.8) is 0 Å². The molecule has 1 aliphatic carbocycles. The van der Waals surface area contributed by atoms with Gasteiger partial charge in [0.2, 0.25) is 0 Å². The van der Waals surface area contributed by atoms with Crippen LogP contribution in [0.15, 0.2) is 12.4 Å². The first-order valence-corrected chi connectivity index (χ1v) is 6.54. The summed E-state index contributed by atoms with van der Waals surface area (Å²) in [6.45, 7) is 0.856. The molecule has 0 aromatic carbocycles. The SMILES string of the molecule is Br[C@H]1CCO[C@@H](c2cnn(C3CC3)c2)C1. The Hall–Kier alpha value is -0.350. The predicted octanol–water partition coefficient (Wildman–Crippen LogP) is 2.83. The molecule has 1 aliphatic heterocycles. The molecule has 3 rings (SSSR count). The van der Waals surface area contributed by atoms with E-state index in [1.165, 1.54) is 18.4 Å². The van der Waals surface area contributed by atoms with Crippen LogP contribution >= 0.6 is 15.9 Å². The third kappa shape index (κ3) is 2.11. The van der Waals surface area contributed by atoms with Crippen LogP contribution in [-0.2, 0) is 4.74 Å². The summed E-state index contributed by atoms with van der Waals surface area (Å²) in [5, 5.41) is 4.40. The van der Waals surface area contributed by atoms with E-state index >= 15 is 0 Å². The van der Waals surface area contributed by atoms with Gasteiger partial charge in [0.05, 0.1) is 18.3 Å². The number of aromatic nitrogens is 2. The molecule has 0 bridgehead atoms. The average Bonchev–Trinajstić information content (AvgIpc) is 2.97. The van der Waals surface area contributed by atoms with Gasteiger partial charge in [0.25, 0.3) is 0 Å². The van der Waals surface area contributed by atoms with Crippen LogP contribution in [0.3, 0.4) is 0 Å². The lowest BCUT2D eigenvalue weighted by Crippen LogP contribution is -2.19. The van der Waals surface area contributed by atoms with Gasteiger partial charge in [-0.05, 0) is 25.7 Å². The van der Waals surface area contributed by atoms with Crippen LogP contribution in [0, 0.1) is 0 Å². The molecule has 2 atom stereocenters. The van der Waals surface area contributed by atoms with Crippen molar-refractivity contribution in [2.45, 2.75) is 42.7 Å². The fourth-order valence-electron chi connectivity index (χ4n) is 2.05. The highest BCUT2D eigenvalue weighted by Crippen LogP contribution is 2.36. The molecular weight excluding hydrogens is 256 g/mol. The van der Waals surface area contributed by atoms with Gasteiger partial charge in [0.15, 0.2) is 0 Å². The van der Waals surface area contributed by atoms with Gasteiger partial charge < -0.3 is 4.74 Å². The van der Waals surface area contributed by atoms with Gasteiger partial charge in [0.1, 0.15) is 0 Å². The van der Waals surface area contributed by atoms with Crippen LogP contribution in [0.25, 0.3) is 0 Å². The lowest BCUT2D eigenvalue weighted by Gasteiger charge is -2.25. The molecule has 82 valence electrons. The highest BCUT2D eigenvalue weighted by molar-refractivity contribution is 9.09. The highest BCUT2D eigenvalue weighted by Gasteiger charge is 2.27. The van der Waals surface area contributed by atoms with Crippen LogP contribution in [0.2, 0.25) is 0 Å². The topological polar surface area (TPSA) is 27.1 Å². The Morgan fingerprint density at radius 3 is 3.00 bits per heavy atom.